The molecule has 3 rings (SSSR count). The normalized spacial score (nSPS) is 10.7. The molecule has 30 heavy (non-hydrogen) atoms. The average molecular weight is 431 g/mol. The number of aromatic nitrogens is 1. The van der Waals surface area contributed by atoms with Crippen molar-refractivity contribution in [1.82, 2.24) is 10.3 Å². The van der Waals surface area contributed by atoms with Crippen molar-refractivity contribution in [3.8, 4) is 23.0 Å². The number of benzene rings is 2. The van der Waals surface area contributed by atoms with Gasteiger partial charge in [0.15, 0.2) is 11.5 Å². The summed E-state index contributed by atoms with van der Waals surface area (Å²) < 4.78 is 29.3. The standard InChI is InChI=1S/C22H23FN2O4S/c1-14-18(12-30-13-21(26)24-11-15-4-7-17(23)8-5-15)25-22(29-14)16-6-9-19(27-2)20(10-16)28-3/h4-10H,11-13H2,1-3H3,(H,24,26). The fourth-order valence-corrected chi connectivity index (χ4v) is 3.60. The summed E-state index contributed by atoms with van der Waals surface area (Å²) in [6.07, 6.45) is 0. The first-order valence-electron chi connectivity index (χ1n) is 9.27. The van der Waals surface area contributed by atoms with Crippen LogP contribution in [0.4, 0.5) is 4.39 Å². The van der Waals surface area contributed by atoms with Crippen molar-refractivity contribution in [3.05, 3.63) is 65.3 Å². The molecular formula is C22H23FN2O4S. The number of nitrogens with one attached hydrogen (secondary N) is 1. The van der Waals surface area contributed by atoms with Gasteiger partial charge in [-0.3, -0.25) is 4.79 Å². The number of aryl methyl sites for hydroxylation is 1. The lowest BCUT2D eigenvalue weighted by Gasteiger charge is -2.07. The number of ether oxygens (including phenoxy) is 2. The topological polar surface area (TPSA) is 73.6 Å². The van der Waals surface area contributed by atoms with E-state index in [2.05, 4.69) is 10.3 Å². The van der Waals surface area contributed by atoms with Crippen molar-refractivity contribution in [3.63, 3.8) is 0 Å². The quantitative estimate of drug-likeness (QED) is 0.544. The van der Waals surface area contributed by atoms with Crippen molar-refractivity contribution in [1.29, 1.82) is 0 Å². The van der Waals surface area contributed by atoms with E-state index in [9.17, 15) is 9.18 Å². The minimum atomic E-state index is -0.295. The maximum atomic E-state index is 12.9. The molecule has 0 bridgehead atoms. The Bertz CT molecular complexity index is 1000. The lowest BCUT2D eigenvalue weighted by Crippen LogP contribution is -2.24. The summed E-state index contributed by atoms with van der Waals surface area (Å²) in [4.78, 5) is 16.6. The Morgan fingerprint density at radius 2 is 1.87 bits per heavy atom. The molecule has 1 heterocycles. The molecule has 1 amide bonds. The van der Waals surface area contributed by atoms with Crippen LogP contribution in [0.1, 0.15) is 17.0 Å². The highest BCUT2D eigenvalue weighted by Gasteiger charge is 2.14. The van der Waals surface area contributed by atoms with Crippen LogP contribution in [0.15, 0.2) is 46.9 Å². The maximum absolute atomic E-state index is 12.9. The number of thioether (sulfide) groups is 1. The molecule has 0 atom stereocenters. The van der Waals surface area contributed by atoms with Gasteiger partial charge in [0.2, 0.25) is 11.8 Å². The largest absolute Gasteiger partial charge is 0.493 e. The van der Waals surface area contributed by atoms with Gasteiger partial charge >= 0.3 is 0 Å². The fraction of sp³-hybridized carbons (Fsp3) is 0.273. The molecule has 0 aliphatic rings. The minimum Gasteiger partial charge on any atom is -0.493 e. The van der Waals surface area contributed by atoms with E-state index in [0.29, 0.717) is 41.2 Å². The lowest BCUT2D eigenvalue weighted by molar-refractivity contribution is -0.118. The van der Waals surface area contributed by atoms with Crippen LogP contribution in [0.5, 0.6) is 11.5 Å². The molecule has 6 nitrogen and oxygen atoms in total. The Labute approximate surface area is 178 Å². The van der Waals surface area contributed by atoms with Gasteiger partial charge < -0.3 is 19.2 Å². The van der Waals surface area contributed by atoms with Gasteiger partial charge in [0.1, 0.15) is 11.6 Å². The van der Waals surface area contributed by atoms with Gasteiger partial charge in [0.05, 0.1) is 25.7 Å². The van der Waals surface area contributed by atoms with E-state index in [1.807, 2.05) is 19.1 Å². The second-order valence-electron chi connectivity index (χ2n) is 6.49. The highest BCUT2D eigenvalue weighted by molar-refractivity contribution is 7.99. The van der Waals surface area contributed by atoms with Gasteiger partial charge in [-0.15, -0.1) is 11.8 Å². The van der Waals surface area contributed by atoms with Crippen LogP contribution < -0.4 is 14.8 Å². The summed E-state index contributed by atoms with van der Waals surface area (Å²) >= 11 is 1.45. The number of nitrogens with zero attached hydrogens (tertiary/aromatic N) is 1. The molecule has 1 aromatic heterocycles. The summed E-state index contributed by atoms with van der Waals surface area (Å²) in [5.74, 6) is 2.88. The van der Waals surface area contributed by atoms with Crippen molar-refractivity contribution in [2.45, 2.75) is 19.2 Å². The molecule has 1 N–H and O–H groups in total. The molecule has 0 spiro atoms. The van der Waals surface area contributed by atoms with Gasteiger partial charge in [0.25, 0.3) is 0 Å². The Balaban J connectivity index is 1.53. The molecule has 0 unspecified atom stereocenters. The lowest BCUT2D eigenvalue weighted by atomic mass is 10.2. The third-order valence-electron chi connectivity index (χ3n) is 4.40. The van der Waals surface area contributed by atoms with E-state index >= 15 is 0 Å². The molecule has 0 aliphatic heterocycles. The summed E-state index contributed by atoms with van der Waals surface area (Å²) in [7, 11) is 3.16. The molecule has 8 heteroatoms. The number of oxazole rings is 1. The van der Waals surface area contributed by atoms with E-state index in [1.165, 1.54) is 23.9 Å². The first-order chi connectivity index (χ1) is 14.5. The van der Waals surface area contributed by atoms with Gasteiger partial charge in [-0.2, -0.15) is 0 Å². The number of rotatable bonds is 9. The van der Waals surface area contributed by atoms with Crippen LogP contribution in [0.25, 0.3) is 11.5 Å². The van der Waals surface area contributed by atoms with E-state index in [1.54, 1.807) is 32.4 Å². The second kappa shape index (κ2) is 10.2. The Hall–Kier alpha value is -3.00. The van der Waals surface area contributed by atoms with E-state index < -0.39 is 0 Å². The number of amides is 1. The molecule has 158 valence electrons. The predicted molar refractivity (Wildman–Crippen MR) is 114 cm³/mol. The molecule has 0 radical (unpaired) electrons. The highest BCUT2D eigenvalue weighted by Crippen LogP contribution is 2.33. The zero-order valence-electron chi connectivity index (χ0n) is 17.0. The van der Waals surface area contributed by atoms with Crippen molar-refractivity contribution in [2.24, 2.45) is 0 Å². The average Bonchev–Trinajstić information content (AvgIpc) is 3.13. The number of carbonyl (C=O) groups is 1. The van der Waals surface area contributed by atoms with E-state index in [-0.39, 0.29) is 11.7 Å². The van der Waals surface area contributed by atoms with E-state index in [0.717, 1.165) is 16.8 Å². The van der Waals surface area contributed by atoms with E-state index in [4.69, 9.17) is 13.9 Å². The summed E-state index contributed by atoms with van der Waals surface area (Å²) in [5.41, 5.74) is 2.42. The highest BCUT2D eigenvalue weighted by atomic mass is 32.2. The first kappa shape index (κ1) is 21.7. The zero-order valence-corrected chi connectivity index (χ0v) is 17.8. The summed E-state index contributed by atoms with van der Waals surface area (Å²) in [5, 5.41) is 2.82. The Kier molecular flexibility index (Phi) is 7.35. The third-order valence-corrected chi connectivity index (χ3v) is 5.34. The molecule has 0 saturated heterocycles. The number of carbonyl (C=O) groups excluding carboxylic acids is 1. The summed E-state index contributed by atoms with van der Waals surface area (Å²) in [6, 6.07) is 11.5. The molecule has 0 fully saturated rings. The number of methoxy groups -OCH3 is 2. The monoisotopic (exact) mass is 430 g/mol. The second-order valence-corrected chi connectivity index (χ2v) is 7.47. The van der Waals surface area contributed by atoms with Crippen LogP contribution in [0.2, 0.25) is 0 Å². The Morgan fingerprint density at radius 1 is 1.13 bits per heavy atom. The van der Waals surface area contributed by atoms with Crippen LogP contribution in [-0.2, 0) is 17.1 Å². The van der Waals surface area contributed by atoms with Gasteiger partial charge in [-0.05, 0) is 42.8 Å². The van der Waals surface area contributed by atoms with Crippen LogP contribution >= 0.6 is 11.8 Å². The Morgan fingerprint density at radius 3 is 2.57 bits per heavy atom. The minimum absolute atomic E-state index is 0.0920. The fourth-order valence-electron chi connectivity index (χ4n) is 2.75. The number of hydrogen-bond donors (Lipinski definition) is 1. The van der Waals surface area contributed by atoms with Crippen LogP contribution in [0, 0.1) is 12.7 Å². The molecule has 2 aromatic carbocycles. The van der Waals surface area contributed by atoms with Crippen molar-refractivity contribution < 1.29 is 23.1 Å². The maximum Gasteiger partial charge on any atom is 0.230 e. The molecule has 0 aliphatic carbocycles. The van der Waals surface area contributed by atoms with Crippen LogP contribution in [0.3, 0.4) is 0 Å². The zero-order chi connectivity index (χ0) is 21.5. The molecule has 3 aromatic rings. The molecular weight excluding hydrogens is 407 g/mol. The van der Waals surface area contributed by atoms with Crippen molar-refractivity contribution in [2.75, 3.05) is 20.0 Å². The first-order valence-corrected chi connectivity index (χ1v) is 10.4. The SMILES string of the molecule is COc1ccc(-c2nc(CSCC(=O)NCc3ccc(F)cc3)c(C)o2)cc1OC. The third kappa shape index (κ3) is 5.54. The van der Waals surface area contributed by atoms with Gasteiger partial charge in [-0.25, -0.2) is 9.37 Å². The number of hydrogen-bond acceptors (Lipinski definition) is 6. The number of halogens is 1. The predicted octanol–water partition coefficient (Wildman–Crippen LogP) is 4.36. The molecule has 0 saturated carbocycles. The van der Waals surface area contributed by atoms with Crippen LogP contribution in [-0.4, -0.2) is 30.9 Å². The van der Waals surface area contributed by atoms with Crippen molar-refractivity contribution >= 4 is 17.7 Å². The summed E-state index contributed by atoms with van der Waals surface area (Å²) in [6.45, 7) is 2.22. The smallest absolute Gasteiger partial charge is 0.230 e. The van der Waals surface area contributed by atoms with Gasteiger partial charge in [-0.1, -0.05) is 12.1 Å². The van der Waals surface area contributed by atoms with Gasteiger partial charge in [0, 0.05) is 17.9 Å².